The van der Waals surface area contributed by atoms with Gasteiger partial charge in [0, 0.05) is 18.7 Å². The van der Waals surface area contributed by atoms with Crippen molar-refractivity contribution in [3.8, 4) is 5.75 Å². The molecular weight excluding hydrogens is 514 g/mol. The Balaban J connectivity index is 1.59. The highest BCUT2D eigenvalue weighted by atomic mass is 32.2. The molecular formula is C26H31N3O6S2. The van der Waals surface area contributed by atoms with Crippen LogP contribution in [0.5, 0.6) is 5.75 Å². The molecule has 0 radical (unpaired) electrons. The van der Waals surface area contributed by atoms with Crippen molar-refractivity contribution in [1.82, 2.24) is 0 Å². The summed E-state index contributed by atoms with van der Waals surface area (Å²) in [6, 6.07) is 18.1. The number of benzene rings is 3. The zero-order chi connectivity index (χ0) is 27.2. The minimum absolute atomic E-state index is 0.0240. The first-order valence-corrected chi connectivity index (χ1v) is 14.8. The molecule has 9 nitrogen and oxygen atoms in total. The van der Waals surface area contributed by atoms with Gasteiger partial charge in [0.05, 0.1) is 29.6 Å². The van der Waals surface area contributed by atoms with Gasteiger partial charge in [-0.2, -0.15) is 0 Å². The third-order valence-corrected chi connectivity index (χ3v) is 8.11. The Labute approximate surface area is 218 Å². The van der Waals surface area contributed by atoms with Gasteiger partial charge in [0.25, 0.3) is 10.0 Å². The molecule has 0 spiro atoms. The number of amides is 1. The van der Waals surface area contributed by atoms with E-state index in [1.54, 1.807) is 24.3 Å². The number of methoxy groups -OCH3 is 1. The molecule has 11 heteroatoms. The fourth-order valence-electron chi connectivity index (χ4n) is 3.63. The van der Waals surface area contributed by atoms with Crippen molar-refractivity contribution >= 4 is 43.0 Å². The number of nitrogens with one attached hydrogen (secondary N) is 2. The average Bonchev–Trinajstić information content (AvgIpc) is 2.82. The molecule has 0 unspecified atom stereocenters. The summed E-state index contributed by atoms with van der Waals surface area (Å²) in [7, 11) is -5.93. The average molecular weight is 546 g/mol. The van der Waals surface area contributed by atoms with E-state index in [1.165, 1.54) is 35.7 Å². The van der Waals surface area contributed by atoms with Crippen LogP contribution in [0.25, 0.3) is 0 Å². The van der Waals surface area contributed by atoms with Gasteiger partial charge < -0.3 is 10.1 Å². The molecule has 198 valence electrons. The highest BCUT2D eigenvalue weighted by Crippen LogP contribution is 2.28. The molecule has 0 heterocycles. The van der Waals surface area contributed by atoms with Gasteiger partial charge >= 0.3 is 0 Å². The minimum Gasteiger partial charge on any atom is -0.495 e. The van der Waals surface area contributed by atoms with E-state index < -0.39 is 20.0 Å². The summed E-state index contributed by atoms with van der Waals surface area (Å²) in [5, 5.41) is 2.71. The number of carbonyl (C=O) groups is 1. The third-order valence-electron chi connectivity index (χ3n) is 5.54. The smallest absolute Gasteiger partial charge is 0.262 e. The van der Waals surface area contributed by atoms with Crippen molar-refractivity contribution in [1.29, 1.82) is 0 Å². The Bertz CT molecular complexity index is 1450. The minimum atomic E-state index is -3.88. The highest BCUT2D eigenvalue weighted by Gasteiger charge is 2.19. The Morgan fingerprint density at radius 2 is 1.51 bits per heavy atom. The molecule has 0 atom stereocenters. The molecule has 0 aliphatic rings. The Morgan fingerprint density at radius 1 is 0.892 bits per heavy atom. The SMILES string of the molecule is COc1ccc(C)cc1NS(=O)(=O)c1ccc(NC(=O)CCCN(c2ccc(C)cc2)S(C)(=O)=O)cc1. The first kappa shape index (κ1) is 28.0. The summed E-state index contributed by atoms with van der Waals surface area (Å²) in [5.74, 6) is 0.0884. The predicted octanol–water partition coefficient (Wildman–Crippen LogP) is 4.30. The van der Waals surface area contributed by atoms with E-state index in [0.717, 1.165) is 17.4 Å². The van der Waals surface area contributed by atoms with Gasteiger partial charge in [0.2, 0.25) is 15.9 Å². The molecule has 0 bridgehead atoms. The van der Waals surface area contributed by atoms with E-state index in [4.69, 9.17) is 4.74 Å². The highest BCUT2D eigenvalue weighted by molar-refractivity contribution is 7.92. The van der Waals surface area contributed by atoms with Crippen molar-refractivity contribution in [2.75, 3.05) is 34.3 Å². The number of anilines is 3. The second-order valence-electron chi connectivity index (χ2n) is 8.66. The third kappa shape index (κ3) is 7.70. The van der Waals surface area contributed by atoms with Gasteiger partial charge in [-0.15, -0.1) is 0 Å². The summed E-state index contributed by atoms with van der Waals surface area (Å²) in [6.45, 7) is 3.91. The van der Waals surface area contributed by atoms with Crippen LogP contribution in [0.1, 0.15) is 24.0 Å². The van der Waals surface area contributed by atoms with Gasteiger partial charge in [-0.25, -0.2) is 16.8 Å². The number of rotatable bonds is 11. The zero-order valence-corrected chi connectivity index (χ0v) is 22.8. The van der Waals surface area contributed by atoms with Crippen LogP contribution < -0.4 is 19.1 Å². The van der Waals surface area contributed by atoms with Crippen molar-refractivity contribution < 1.29 is 26.4 Å². The number of carbonyl (C=O) groups excluding carboxylic acids is 1. The summed E-state index contributed by atoms with van der Waals surface area (Å²) in [6.07, 6.45) is 1.53. The van der Waals surface area contributed by atoms with Crippen LogP contribution in [0.3, 0.4) is 0 Å². The number of hydrogen-bond acceptors (Lipinski definition) is 6. The zero-order valence-electron chi connectivity index (χ0n) is 21.2. The van der Waals surface area contributed by atoms with Crippen LogP contribution in [0.15, 0.2) is 71.6 Å². The van der Waals surface area contributed by atoms with Crippen molar-refractivity contribution in [2.45, 2.75) is 31.6 Å². The second kappa shape index (κ2) is 11.7. The van der Waals surface area contributed by atoms with Gasteiger partial charge in [-0.1, -0.05) is 23.8 Å². The molecule has 0 saturated heterocycles. The van der Waals surface area contributed by atoms with Crippen LogP contribution in [-0.4, -0.2) is 42.7 Å². The summed E-state index contributed by atoms with van der Waals surface area (Å²) < 4.78 is 59.1. The Morgan fingerprint density at radius 3 is 2.11 bits per heavy atom. The Kier molecular flexibility index (Phi) is 8.82. The van der Waals surface area contributed by atoms with Gasteiger partial charge in [-0.05, 0) is 74.4 Å². The van der Waals surface area contributed by atoms with Crippen LogP contribution in [0.4, 0.5) is 17.1 Å². The standard InChI is InChI=1S/C26H31N3O6S2/c1-19-7-12-22(13-8-19)29(36(4,31)32)17-5-6-26(30)27-21-10-14-23(15-11-21)37(33,34)28-24-18-20(2)9-16-25(24)35-3/h7-16,18,28H,5-6,17H2,1-4H3,(H,27,30). The molecule has 0 saturated carbocycles. The molecule has 3 aromatic carbocycles. The maximum absolute atomic E-state index is 12.8. The van der Waals surface area contributed by atoms with E-state index in [1.807, 2.05) is 32.0 Å². The van der Waals surface area contributed by atoms with Crippen molar-refractivity contribution in [3.05, 3.63) is 77.9 Å². The first-order valence-electron chi connectivity index (χ1n) is 11.5. The van der Waals surface area contributed by atoms with Gasteiger partial charge in [0.1, 0.15) is 5.75 Å². The molecule has 3 rings (SSSR count). The summed E-state index contributed by atoms with van der Waals surface area (Å²) in [5.41, 5.74) is 3.18. The maximum atomic E-state index is 12.8. The molecule has 3 aromatic rings. The van der Waals surface area contributed by atoms with E-state index >= 15 is 0 Å². The summed E-state index contributed by atoms with van der Waals surface area (Å²) >= 11 is 0. The number of nitrogens with zero attached hydrogens (tertiary/aromatic N) is 1. The summed E-state index contributed by atoms with van der Waals surface area (Å²) in [4.78, 5) is 12.5. The van der Waals surface area contributed by atoms with Crippen molar-refractivity contribution in [3.63, 3.8) is 0 Å². The second-order valence-corrected chi connectivity index (χ2v) is 12.2. The normalized spacial score (nSPS) is 11.6. The lowest BCUT2D eigenvalue weighted by atomic mass is 10.2. The molecule has 0 aromatic heterocycles. The fraction of sp³-hybridized carbons (Fsp3) is 0.269. The topological polar surface area (TPSA) is 122 Å². The molecule has 1 amide bonds. The van der Waals surface area contributed by atoms with Crippen LogP contribution in [-0.2, 0) is 24.8 Å². The van der Waals surface area contributed by atoms with E-state index in [0.29, 0.717) is 29.2 Å². The van der Waals surface area contributed by atoms with E-state index in [2.05, 4.69) is 10.0 Å². The number of hydrogen-bond donors (Lipinski definition) is 2. The first-order chi connectivity index (χ1) is 17.4. The fourth-order valence-corrected chi connectivity index (χ4v) is 5.65. The molecule has 0 fully saturated rings. The largest absolute Gasteiger partial charge is 0.495 e. The van der Waals surface area contributed by atoms with E-state index in [-0.39, 0.29) is 23.8 Å². The number of sulfonamides is 2. The lowest BCUT2D eigenvalue weighted by Gasteiger charge is -2.22. The molecule has 37 heavy (non-hydrogen) atoms. The predicted molar refractivity (Wildman–Crippen MR) is 146 cm³/mol. The van der Waals surface area contributed by atoms with Gasteiger partial charge in [0.15, 0.2) is 0 Å². The quantitative estimate of drug-likeness (QED) is 0.371. The Hall–Kier alpha value is -3.57. The number of aryl methyl sites for hydroxylation is 2. The van der Waals surface area contributed by atoms with Crippen molar-refractivity contribution in [2.24, 2.45) is 0 Å². The number of ether oxygens (including phenoxy) is 1. The van der Waals surface area contributed by atoms with Gasteiger partial charge in [-0.3, -0.25) is 13.8 Å². The molecule has 2 N–H and O–H groups in total. The monoisotopic (exact) mass is 545 g/mol. The molecule has 0 aliphatic heterocycles. The molecule has 0 aliphatic carbocycles. The van der Waals surface area contributed by atoms with Crippen LogP contribution >= 0.6 is 0 Å². The lowest BCUT2D eigenvalue weighted by molar-refractivity contribution is -0.116. The van der Waals surface area contributed by atoms with Crippen LogP contribution in [0.2, 0.25) is 0 Å². The van der Waals surface area contributed by atoms with E-state index in [9.17, 15) is 21.6 Å². The lowest BCUT2D eigenvalue weighted by Crippen LogP contribution is -2.31. The maximum Gasteiger partial charge on any atom is 0.262 e. The van der Waals surface area contributed by atoms with Crippen LogP contribution in [0, 0.1) is 13.8 Å².